The topological polar surface area (TPSA) is 15.3 Å². The summed E-state index contributed by atoms with van der Waals surface area (Å²) in [6.45, 7) is 6.46. The molecule has 0 spiro atoms. The van der Waals surface area contributed by atoms with E-state index in [0.717, 1.165) is 25.2 Å². The molecule has 110 valence electrons. The second-order valence-corrected chi connectivity index (χ2v) is 4.68. The molecule has 0 saturated carbocycles. The van der Waals surface area contributed by atoms with E-state index in [0.29, 0.717) is 6.04 Å². The highest BCUT2D eigenvalue weighted by Gasteiger charge is 2.21. The van der Waals surface area contributed by atoms with Gasteiger partial charge in [-0.15, -0.1) is 0 Å². The average molecular weight is 307 g/mol. The molecule has 0 aromatic heterocycles. The minimum absolute atomic E-state index is 0. The second-order valence-electron chi connectivity index (χ2n) is 4.68. The van der Waals surface area contributed by atoms with Gasteiger partial charge in [-0.1, -0.05) is 19.1 Å². The normalized spacial score (nSPS) is 18.7. The Labute approximate surface area is 127 Å². The molecule has 2 rings (SSSR count). The van der Waals surface area contributed by atoms with Gasteiger partial charge in [0.2, 0.25) is 0 Å². The van der Waals surface area contributed by atoms with Gasteiger partial charge in [-0.3, -0.25) is 4.90 Å². The third-order valence-electron chi connectivity index (χ3n) is 3.53. The van der Waals surface area contributed by atoms with E-state index in [9.17, 15) is 4.39 Å². The van der Waals surface area contributed by atoms with Gasteiger partial charge in [0, 0.05) is 19.1 Å². The lowest BCUT2D eigenvalue weighted by Gasteiger charge is -2.22. The van der Waals surface area contributed by atoms with Crippen molar-refractivity contribution in [2.45, 2.75) is 32.4 Å². The molecule has 0 bridgehead atoms. The van der Waals surface area contributed by atoms with Crippen molar-refractivity contribution < 1.29 is 29.2 Å². The third kappa shape index (κ3) is 5.65. The van der Waals surface area contributed by atoms with Crippen molar-refractivity contribution in [1.82, 2.24) is 10.2 Å². The Hall–Kier alpha value is -0.350. The van der Waals surface area contributed by atoms with Gasteiger partial charge in [-0.25, -0.2) is 4.39 Å². The van der Waals surface area contributed by atoms with Crippen LogP contribution in [0.25, 0.3) is 0 Å². The molecule has 1 aromatic rings. The number of benzene rings is 1. The predicted octanol–water partition coefficient (Wildman–Crippen LogP) is -3.59. The van der Waals surface area contributed by atoms with E-state index in [-0.39, 0.29) is 30.6 Å². The standard InChI is InChI=1S/C14H21FN2.2ClH/c1-2-17-9-3-4-14(17)11-16-10-12-5-7-13(15)8-6-12;;/h5-8,14,16H,2-4,9-11H2,1H3;2*1H/p-2. The summed E-state index contributed by atoms with van der Waals surface area (Å²) in [5, 5.41) is 3.46. The maximum atomic E-state index is 12.7. The van der Waals surface area contributed by atoms with Gasteiger partial charge in [0.05, 0.1) is 0 Å². The summed E-state index contributed by atoms with van der Waals surface area (Å²) < 4.78 is 12.7. The molecular formula is C14H21Cl2FN2-2. The summed E-state index contributed by atoms with van der Waals surface area (Å²) >= 11 is 0. The summed E-state index contributed by atoms with van der Waals surface area (Å²) in [4.78, 5) is 2.53. The Morgan fingerprint density at radius 2 is 1.95 bits per heavy atom. The van der Waals surface area contributed by atoms with Crippen LogP contribution in [0.15, 0.2) is 24.3 Å². The molecule has 0 amide bonds. The average Bonchev–Trinajstić information content (AvgIpc) is 2.79. The van der Waals surface area contributed by atoms with Crippen LogP contribution in [0.5, 0.6) is 0 Å². The van der Waals surface area contributed by atoms with E-state index >= 15 is 0 Å². The van der Waals surface area contributed by atoms with Crippen molar-refractivity contribution in [3.8, 4) is 0 Å². The largest absolute Gasteiger partial charge is 1.00 e. The van der Waals surface area contributed by atoms with Crippen molar-refractivity contribution in [3.05, 3.63) is 35.6 Å². The molecule has 1 saturated heterocycles. The van der Waals surface area contributed by atoms with Crippen molar-refractivity contribution in [2.24, 2.45) is 0 Å². The monoisotopic (exact) mass is 306 g/mol. The fourth-order valence-electron chi connectivity index (χ4n) is 2.53. The predicted molar refractivity (Wildman–Crippen MR) is 68.4 cm³/mol. The van der Waals surface area contributed by atoms with Gasteiger partial charge < -0.3 is 30.1 Å². The molecule has 19 heavy (non-hydrogen) atoms. The molecule has 1 aliphatic heterocycles. The summed E-state index contributed by atoms with van der Waals surface area (Å²) in [5.74, 6) is -0.165. The number of likely N-dealkylation sites (tertiary alicyclic amines) is 1. The van der Waals surface area contributed by atoms with Crippen molar-refractivity contribution in [1.29, 1.82) is 0 Å². The van der Waals surface area contributed by atoms with E-state index in [4.69, 9.17) is 0 Å². The van der Waals surface area contributed by atoms with Gasteiger partial charge in [-0.05, 0) is 43.6 Å². The molecule has 1 unspecified atom stereocenters. The fourth-order valence-corrected chi connectivity index (χ4v) is 2.53. The first-order chi connectivity index (χ1) is 8.29. The minimum atomic E-state index is -0.165. The highest BCUT2D eigenvalue weighted by atomic mass is 35.5. The lowest BCUT2D eigenvalue weighted by atomic mass is 10.2. The Bertz CT molecular complexity index is 346. The lowest BCUT2D eigenvalue weighted by Crippen LogP contribution is -3.00. The van der Waals surface area contributed by atoms with Crippen LogP contribution in [0.4, 0.5) is 4.39 Å². The second kappa shape index (κ2) is 9.54. The molecule has 1 heterocycles. The SMILES string of the molecule is CCN1CCCC1CNCc1ccc(F)cc1.[Cl-].[Cl-]. The Kier molecular flexibility index (Phi) is 9.36. The number of hydrogen-bond donors (Lipinski definition) is 1. The number of halogens is 3. The summed E-state index contributed by atoms with van der Waals surface area (Å²) in [6.07, 6.45) is 2.61. The number of nitrogens with one attached hydrogen (secondary N) is 1. The number of rotatable bonds is 5. The Morgan fingerprint density at radius 1 is 1.26 bits per heavy atom. The van der Waals surface area contributed by atoms with Gasteiger partial charge >= 0.3 is 0 Å². The van der Waals surface area contributed by atoms with Crippen LogP contribution in [0, 0.1) is 5.82 Å². The number of nitrogens with zero attached hydrogens (tertiary/aromatic N) is 1. The molecule has 1 aromatic carbocycles. The number of hydrogen-bond acceptors (Lipinski definition) is 2. The van der Waals surface area contributed by atoms with Crippen molar-refractivity contribution >= 4 is 0 Å². The summed E-state index contributed by atoms with van der Waals surface area (Å²) in [7, 11) is 0. The van der Waals surface area contributed by atoms with E-state index in [1.54, 1.807) is 0 Å². The van der Waals surface area contributed by atoms with Gasteiger partial charge in [-0.2, -0.15) is 0 Å². The first-order valence-corrected chi connectivity index (χ1v) is 6.49. The lowest BCUT2D eigenvalue weighted by molar-refractivity contribution is -0.00100. The molecule has 0 radical (unpaired) electrons. The first-order valence-electron chi connectivity index (χ1n) is 6.49. The molecule has 2 nitrogen and oxygen atoms in total. The van der Waals surface area contributed by atoms with E-state index in [2.05, 4.69) is 17.1 Å². The minimum Gasteiger partial charge on any atom is -1.00 e. The smallest absolute Gasteiger partial charge is 0.123 e. The highest BCUT2D eigenvalue weighted by molar-refractivity contribution is 5.15. The van der Waals surface area contributed by atoms with Crippen LogP contribution in [0.1, 0.15) is 25.3 Å². The molecule has 5 heteroatoms. The van der Waals surface area contributed by atoms with E-state index in [1.807, 2.05) is 12.1 Å². The molecule has 1 N–H and O–H groups in total. The Morgan fingerprint density at radius 3 is 2.58 bits per heavy atom. The zero-order valence-corrected chi connectivity index (χ0v) is 12.7. The first kappa shape index (κ1) is 18.7. The van der Waals surface area contributed by atoms with Crippen LogP contribution in [-0.2, 0) is 6.54 Å². The van der Waals surface area contributed by atoms with Crippen LogP contribution < -0.4 is 30.1 Å². The van der Waals surface area contributed by atoms with Gasteiger partial charge in [0.1, 0.15) is 5.82 Å². The molecule has 0 aliphatic carbocycles. The van der Waals surface area contributed by atoms with Gasteiger partial charge in [0.25, 0.3) is 0 Å². The van der Waals surface area contributed by atoms with Gasteiger partial charge in [0.15, 0.2) is 0 Å². The van der Waals surface area contributed by atoms with Crippen LogP contribution >= 0.6 is 0 Å². The van der Waals surface area contributed by atoms with E-state index in [1.165, 1.54) is 31.5 Å². The summed E-state index contributed by atoms with van der Waals surface area (Å²) in [5.41, 5.74) is 1.15. The molecule has 1 fully saturated rings. The Balaban J connectivity index is 0.00000162. The zero-order valence-electron chi connectivity index (χ0n) is 11.2. The third-order valence-corrected chi connectivity index (χ3v) is 3.53. The quantitative estimate of drug-likeness (QED) is 0.605. The summed E-state index contributed by atoms with van der Waals surface area (Å²) in [6, 6.07) is 7.40. The fraction of sp³-hybridized carbons (Fsp3) is 0.571. The maximum absolute atomic E-state index is 12.7. The van der Waals surface area contributed by atoms with Crippen molar-refractivity contribution in [3.63, 3.8) is 0 Å². The number of likely N-dealkylation sites (N-methyl/N-ethyl adjacent to an activating group) is 1. The van der Waals surface area contributed by atoms with E-state index < -0.39 is 0 Å². The zero-order chi connectivity index (χ0) is 12.1. The van der Waals surface area contributed by atoms with Crippen LogP contribution in [0.2, 0.25) is 0 Å². The van der Waals surface area contributed by atoms with Crippen LogP contribution in [0.3, 0.4) is 0 Å². The molecule has 1 aliphatic rings. The molecule has 1 atom stereocenters. The molecular weight excluding hydrogens is 286 g/mol. The van der Waals surface area contributed by atoms with Crippen LogP contribution in [-0.4, -0.2) is 30.6 Å². The van der Waals surface area contributed by atoms with Crippen molar-refractivity contribution in [2.75, 3.05) is 19.6 Å². The maximum Gasteiger partial charge on any atom is 0.123 e. The highest BCUT2D eigenvalue weighted by Crippen LogP contribution is 2.15.